The predicted molar refractivity (Wildman–Crippen MR) is 101 cm³/mol. The fourth-order valence-corrected chi connectivity index (χ4v) is 2.53. The van der Waals surface area contributed by atoms with Crippen LogP contribution in [0.25, 0.3) is 0 Å². The van der Waals surface area contributed by atoms with Crippen molar-refractivity contribution in [2.45, 2.75) is 59.2 Å². The van der Waals surface area contributed by atoms with Crippen LogP contribution >= 0.6 is 15.9 Å². The summed E-state index contributed by atoms with van der Waals surface area (Å²) in [5, 5.41) is 6.33. The van der Waals surface area contributed by atoms with Gasteiger partial charge < -0.3 is 20.1 Å². The second kappa shape index (κ2) is 9.28. The number of ether oxygens (including phenoxy) is 2. The van der Waals surface area contributed by atoms with Crippen LogP contribution in [0.5, 0.6) is 11.5 Å². The summed E-state index contributed by atoms with van der Waals surface area (Å²) in [7, 11) is 1.59. The monoisotopic (exact) mass is 400 g/mol. The lowest BCUT2D eigenvalue weighted by Gasteiger charge is -2.22. The molecule has 6 heteroatoms. The number of methoxy groups -OCH3 is 1. The van der Waals surface area contributed by atoms with E-state index < -0.39 is 0 Å². The summed E-state index contributed by atoms with van der Waals surface area (Å²) < 4.78 is 12.1. The summed E-state index contributed by atoms with van der Waals surface area (Å²) in [6.45, 7) is 10.6. The smallest absolute Gasteiger partial charge is 0.258 e. The second-order valence-electron chi connectivity index (χ2n) is 6.83. The van der Waals surface area contributed by atoms with Crippen molar-refractivity contribution in [3.8, 4) is 11.5 Å². The van der Waals surface area contributed by atoms with E-state index in [0.717, 1.165) is 16.5 Å². The minimum atomic E-state index is -0.289. The average molecular weight is 401 g/mol. The zero-order valence-corrected chi connectivity index (χ0v) is 17.0. The number of amides is 1. The number of carbonyl (C=O) groups excluding carboxylic acids is 1. The number of carbonyl (C=O) groups is 1. The van der Waals surface area contributed by atoms with E-state index in [-0.39, 0.29) is 18.1 Å². The van der Waals surface area contributed by atoms with Crippen LogP contribution in [0.4, 0.5) is 0 Å². The van der Waals surface area contributed by atoms with Gasteiger partial charge in [-0.15, -0.1) is 0 Å². The largest absolute Gasteiger partial charge is 0.493 e. The Kier molecular flexibility index (Phi) is 8.03. The van der Waals surface area contributed by atoms with Gasteiger partial charge in [0.15, 0.2) is 18.1 Å². The Morgan fingerprint density at radius 1 is 1.33 bits per heavy atom. The zero-order chi connectivity index (χ0) is 18.3. The van der Waals surface area contributed by atoms with Crippen molar-refractivity contribution in [1.29, 1.82) is 0 Å². The molecule has 0 radical (unpaired) electrons. The van der Waals surface area contributed by atoms with Crippen molar-refractivity contribution in [2.24, 2.45) is 0 Å². The lowest BCUT2D eigenvalue weighted by Crippen LogP contribution is -2.43. The first-order valence-electron chi connectivity index (χ1n) is 8.20. The quantitative estimate of drug-likeness (QED) is 0.699. The van der Waals surface area contributed by atoms with Gasteiger partial charge in [0.2, 0.25) is 0 Å². The maximum atomic E-state index is 12.0. The van der Waals surface area contributed by atoms with Gasteiger partial charge in [0, 0.05) is 28.2 Å². The van der Waals surface area contributed by atoms with Gasteiger partial charge >= 0.3 is 0 Å². The molecule has 0 spiro atoms. The van der Waals surface area contributed by atoms with E-state index >= 15 is 0 Å². The highest BCUT2D eigenvalue weighted by atomic mass is 79.9. The summed E-state index contributed by atoms with van der Waals surface area (Å²) in [6.07, 6.45) is 1.03. The first-order valence-corrected chi connectivity index (χ1v) is 8.99. The molecule has 0 aliphatic heterocycles. The Labute approximate surface area is 153 Å². The Hall–Kier alpha value is -1.27. The summed E-state index contributed by atoms with van der Waals surface area (Å²) in [4.78, 5) is 12.0. The average Bonchev–Trinajstić information content (AvgIpc) is 2.49. The maximum absolute atomic E-state index is 12.0. The molecule has 1 atom stereocenters. The van der Waals surface area contributed by atoms with Crippen molar-refractivity contribution in [3.05, 3.63) is 22.2 Å². The molecule has 1 aromatic rings. The second-order valence-corrected chi connectivity index (χ2v) is 7.69. The van der Waals surface area contributed by atoms with Crippen LogP contribution in [0, 0.1) is 0 Å². The number of rotatable bonds is 8. The molecule has 1 amide bonds. The molecule has 0 aliphatic carbocycles. The molecule has 2 N–H and O–H groups in total. The summed E-state index contributed by atoms with van der Waals surface area (Å²) in [5.41, 5.74) is 0.654. The molecule has 24 heavy (non-hydrogen) atoms. The van der Waals surface area contributed by atoms with Crippen molar-refractivity contribution in [3.63, 3.8) is 0 Å². The summed E-state index contributed by atoms with van der Waals surface area (Å²) in [5.74, 6) is 1.04. The first kappa shape index (κ1) is 20.8. The van der Waals surface area contributed by atoms with E-state index in [1.165, 1.54) is 0 Å². The normalized spacial score (nSPS) is 12.6. The van der Waals surface area contributed by atoms with E-state index in [1.807, 2.05) is 32.9 Å². The lowest BCUT2D eigenvalue weighted by molar-refractivity contribution is -0.124. The number of benzene rings is 1. The fourth-order valence-electron chi connectivity index (χ4n) is 2.08. The SMILES string of the molecule is CCC(C)NCc1c(Br)ccc(OC)c1OCC(=O)NC(C)(C)C. The van der Waals surface area contributed by atoms with Crippen LogP contribution in [-0.2, 0) is 11.3 Å². The third-order valence-electron chi connectivity index (χ3n) is 3.49. The topological polar surface area (TPSA) is 59.6 Å². The molecule has 136 valence electrons. The van der Waals surface area contributed by atoms with E-state index in [0.29, 0.717) is 24.1 Å². The minimum absolute atomic E-state index is 0.0551. The molecular formula is C18H29BrN2O3. The van der Waals surface area contributed by atoms with E-state index in [4.69, 9.17) is 9.47 Å². The third kappa shape index (κ3) is 6.69. The van der Waals surface area contributed by atoms with Crippen LogP contribution in [0.15, 0.2) is 16.6 Å². The Morgan fingerprint density at radius 2 is 2.00 bits per heavy atom. The first-order chi connectivity index (χ1) is 11.2. The zero-order valence-electron chi connectivity index (χ0n) is 15.5. The number of hydrogen-bond acceptors (Lipinski definition) is 4. The number of hydrogen-bond donors (Lipinski definition) is 2. The van der Waals surface area contributed by atoms with Gasteiger partial charge in [-0.3, -0.25) is 4.79 Å². The van der Waals surface area contributed by atoms with Gasteiger partial charge in [-0.25, -0.2) is 0 Å². The highest BCUT2D eigenvalue weighted by Crippen LogP contribution is 2.36. The van der Waals surface area contributed by atoms with Crippen molar-refractivity contribution >= 4 is 21.8 Å². The van der Waals surface area contributed by atoms with Crippen LogP contribution in [0.2, 0.25) is 0 Å². The molecular weight excluding hydrogens is 372 g/mol. The van der Waals surface area contributed by atoms with Crippen LogP contribution in [0.3, 0.4) is 0 Å². The maximum Gasteiger partial charge on any atom is 0.258 e. The van der Waals surface area contributed by atoms with E-state index in [2.05, 4.69) is 40.4 Å². The van der Waals surface area contributed by atoms with Crippen LogP contribution in [-0.4, -0.2) is 31.2 Å². The number of nitrogens with one attached hydrogen (secondary N) is 2. The predicted octanol–water partition coefficient (Wildman–Crippen LogP) is 3.64. The van der Waals surface area contributed by atoms with Crippen LogP contribution in [0.1, 0.15) is 46.6 Å². The van der Waals surface area contributed by atoms with Gasteiger partial charge in [0.05, 0.1) is 7.11 Å². The van der Waals surface area contributed by atoms with E-state index in [9.17, 15) is 4.79 Å². The Balaban J connectivity index is 2.93. The molecule has 0 saturated heterocycles. The molecule has 0 aliphatic rings. The molecule has 1 unspecified atom stereocenters. The van der Waals surface area contributed by atoms with Gasteiger partial charge in [-0.2, -0.15) is 0 Å². The molecule has 0 fully saturated rings. The van der Waals surface area contributed by atoms with Crippen LogP contribution < -0.4 is 20.1 Å². The standard InChI is InChI=1S/C18H29BrN2O3/c1-7-12(2)20-10-13-14(19)8-9-15(23-6)17(13)24-11-16(22)21-18(3,4)5/h8-9,12,20H,7,10-11H2,1-6H3,(H,21,22). The Bertz CT molecular complexity index is 556. The van der Waals surface area contributed by atoms with E-state index in [1.54, 1.807) is 7.11 Å². The molecule has 5 nitrogen and oxygen atoms in total. The molecule has 0 aromatic heterocycles. The molecule has 1 rings (SSSR count). The van der Waals surface area contributed by atoms with Crippen molar-refractivity contribution < 1.29 is 14.3 Å². The van der Waals surface area contributed by atoms with Crippen molar-refractivity contribution in [2.75, 3.05) is 13.7 Å². The molecule has 0 heterocycles. The molecule has 0 saturated carbocycles. The lowest BCUT2D eigenvalue weighted by atomic mass is 10.1. The minimum Gasteiger partial charge on any atom is -0.493 e. The highest BCUT2D eigenvalue weighted by molar-refractivity contribution is 9.10. The molecule has 0 bridgehead atoms. The molecule has 1 aromatic carbocycles. The van der Waals surface area contributed by atoms with Gasteiger partial charge in [0.25, 0.3) is 5.91 Å². The summed E-state index contributed by atoms with van der Waals surface area (Å²) in [6, 6.07) is 4.14. The van der Waals surface area contributed by atoms with Gasteiger partial charge in [-0.05, 0) is 46.2 Å². The Morgan fingerprint density at radius 3 is 2.54 bits per heavy atom. The summed E-state index contributed by atoms with van der Waals surface area (Å²) >= 11 is 3.56. The highest BCUT2D eigenvalue weighted by Gasteiger charge is 2.18. The number of halogens is 1. The van der Waals surface area contributed by atoms with Gasteiger partial charge in [-0.1, -0.05) is 22.9 Å². The van der Waals surface area contributed by atoms with Gasteiger partial charge in [0.1, 0.15) is 0 Å². The third-order valence-corrected chi connectivity index (χ3v) is 4.23. The van der Waals surface area contributed by atoms with Crippen molar-refractivity contribution in [1.82, 2.24) is 10.6 Å². The fraction of sp³-hybridized carbons (Fsp3) is 0.611.